The highest BCUT2D eigenvalue weighted by molar-refractivity contribution is 7.80. The second-order valence-electron chi connectivity index (χ2n) is 3.27. The Bertz CT molecular complexity index is 486. The van der Waals surface area contributed by atoms with E-state index in [0.717, 1.165) is 10.5 Å². The van der Waals surface area contributed by atoms with Gasteiger partial charge in [-0.05, 0) is 35.4 Å². The molecule has 2 aromatic rings. The van der Waals surface area contributed by atoms with Crippen LogP contribution in [0.15, 0.2) is 53.4 Å². The average molecular weight is 210 g/mol. The summed E-state index contributed by atoms with van der Waals surface area (Å²) in [6.07, 6.45) is 5.30. The summed E-state index contributed by atoms with van der Waals surface area (Å²) in [6.45, 7) is 0. The predicted molar refractivity (Wildman–Crippen MR) is 67.1 cm³/mol. The average Bonchev–Trinajstić information content (AvgIpc) is 2.30. The lowest BCUT2D eigenvalue weighted by atomic mass is 10.0. The van der Waals surface area contributed by atoms with Crippen LogP contribution in [0.1, 0.15) is 5.56 Å². The lowest BCUT2D eigenvalue weighted by molar-refractivity contribution is 1.47. The fourth-order valence-electron chi connectivity index (χ4n) is 1.41. The Kier molecular flexibility index (Phi) is 2.80. The molecule has 0 amide bonds. The van der Waals surface area contributed by atoms with Crippen LogP contribution >= 0.6 is 12.6 Å². The molecule has 15 heavy (non-hydrogen) atoms. The maximum atomic E-state index is 5.30. The molecule has 2 rings (SSSR count). The quantitative estimate of drug-likeness (QED) is 0.539. The molecule has 0 aliphatic carbocycles. The molecule has 0 aliphatic heterocycles. The largest absolute Gasteiger partial charge is 0.143 e. The number of thiol groups is 1. The molecule has 0 spiro atoms. The van der Waals surface area contributed by atoms with Crippen LogP contribution in [-0.4, -0.2) is 0 Å². The van der Waals surface area contributed by atoms with Crippen molar-refractivity contribution in [3.8, 4) is 23.5 Å². The SMILES string of the molecule is C#Cc1ccc(-c2ccc(S)cc2)cc1. The number of benzene rings is 2. The molecule has 0 unspecified atom stereocenters. The lowest BCUT2D eigenvalue weighted by Crippen LogP contribution is -1.78. The Labute approximate surface area is 95.4 Å². The van der Waals surface area contributed by atoms with E-state index in [4.69, 9.17) is 6.42 Å². The molecule has 2 aromatic carbocycles. The van der Waals surface area contributed by atoms with Crippen molar-refractivity contribution in [2.24, 2.45) is 0 Å². The summed E-state index contributed by atoms with van der Waals surface area (Å²) in [5.74, 6) is 2.60. The maximum Gasteiger partial charge on any atom is 0.0243 e. The van der Waals surface area contributed by atoms with Gasteiger partial charge in [-0.1, -0.05) is 30.2 Å². The van der Waals surface area contributed by atoms with Gasteiger partial charge in [-0.25, -0.2) is 0 Å². The monoisotopic (exact) mass is 210 g/mol. The third kappa shape index (κ3) is 2.23. The summed E-state index contributed by atoms with van der Waals surface area (Å²) in [5.41, 5.74) is 3.25. The van der Waals surface area contributed by atoms with Crippen molar-refractivity contribution in [3.63, 3.8) is 0 Å². The number of hydrogen-bond donors (Lipinski definition) is 1. The van der Waals surface area contributed by atoms with E-state index >= 15 is 0 Å². The van der Waals surface area contributed by atoms with Gasteiger partial charge in [0, 0.05) is 10.5 Å². The smallest absolute Gasteiger partial charge is 0.0243 e. The molecule has 0 nitrogen and oxygen atoms in total. The molecule has 72 valence electrons. The van der Waals surface area contributed by atoms with Crippen molar-refractivity contribution >= 4 is 12.6 Å². The van der Waals surface area contributed by atoms with Crippen molar-refractivity contribution in [1.82, 2.24) is 0 Å². The van der Waals surface area contributed by atoms with Gasteiger partial charge < -0.3 is 0 Å². The van der Waals surface area contributed by atoms with Crippen LogP contribution in [0.4, 0.5) is 0 Å². The Balaban J connectivity index is 2.38. The number of terminal acetylenes is 1. The first kappa shape index (κ1) is 9.89. The summed E-state index contributed by atoms with van der Waals surface area (Å²) < 4.78 is 0. The predicted octanol–water partition coefficient (Wildman–Crippen LogP) is 3.62. The molecule has 0 radical (unpaired) electrons. The molecular formula is C14H10S. The van der Waals surface area contributed by atoms with E-state index in [-0.39, 0.29) is 0 Å². The molecule has 0 heterocycles. The van der Waals surface area contributed by atoms with Crippen LogP contribution in [0.5, 0.6) is 0 Å². The Morgan fingerprint density at radius 3 is 1.73 bits per heavy atom. The molecule has 0 bridgehead atoms. The number of hydrogen-bond acceptors (Lipinski definition) is 1. The van der Waals surface area contributed by atoms with Crippen LogP contribution in [-0.2, 0) is 0 Å². The molecule has 0 N–H and O–H groups in total. The van der Waals surface area contributed by atoms with Crippen LogP contribution in [0.3, 0.4) is 0 Å². The number of rotatable bonds is 1. The van der Waals surface area contributed by atoms with Gasteiger partial charge in [0.1, 0.15) is 0 Å². The Morgan fingerprint density at radius 1 is 0.800 bits per heavy atom. The van der Waals surface area contributed by atoms with Crippen LogP contribution < -0.4 is 0 Å². The highest BCUT2D eigenvalue weighted by Crippen LogP contribution is 2.21. The van der Waals surface area contributed by atoms with Crippen molar-refractivity contribution in [3.05, 3.63) is 54.1 Å². The first-order valence-electron chi connectivity index (χ1n) is 4.66. The maximum absolute atomic E-state index is 5.30. The molecular weight excluding hydrogens is 200 g/mol. The molecule has 0 saturated carbocycles. The minimum Gasteiger partial charge on any atom is -0.143 e. The second kappa shape index (κ2) is 4.25. The molecule has 0 aromatic heterocycles. The zero-order valence-electron chi connectivity index (χ0n) is 8.14. The van der Waals surface area contributed by atoms with Gasteiger partial charge in [-0.15, -0.1) is 19.1 Å². The van der Waals surface area contributed by atoms with Gasteiger partial charge in [-0.2, -0.15) is 0 Å². The summed E-state index contributed by atoms with van der Waals surface area (Å²) in [6, 6.07) is 16.0. The summed E-state index contributed by atoms with van der Waals surface area (Å²) in [5, 5.41) is 0. The van der Waals surface area contributed by atoms with Gasteiger partial charge in [0.2, 0.25) is 0 Å². The first-order valence-corrected chi connectivity index (χ1v) is 5.10. The topological polar surface area (TPSA) is 0 Å². The summed E-state index contributed by atoms with van der Waals surface area (Å²) in [4.78, 5) is 0.971. The van der Waals surface area contributed by atoms with E-state index in [9.17, 15) is 0 Å². The lowest BCUT2D eigenvalue weighted by Gasteiger charge is -2.01. The van der Waals surface area contributed by atoms with Gasteiger partial charge in [-0.3, -0.25) is 0 Å². The standard InChI is InChI=1S/C14H10S/c1-2-11-3-5-12(6-4-11)13-7-9-14(15)10-8-13/h1,3-10,15H. The van der Waals surface area contributed by atoms with E-state index in [2.05, 4.69) is 18.5 Å². The highest BCUT2D eigenvalue weighted by Gasteiger charge is 1.96. The van der Waals surface area contributed by atoms with Crippen molar-refractivity contribution in [2.75, 3.05) is 0 Å². The van der Waals surface area contributed by atoms with Crippen molar-refractivity contribution in [1.29, 1.82) is 0 Å². The van der Waals surface area contributed by atoms with E-state index in [1.165, 1.54) is 11.1 Å². The normalized spacial score (nSPS) is 9.60. The summed E-state index contributed by atoms with van der Waals surface area (Å²) >= 11 is 4.25. The minimum atomic E-state index is 0.907. The van der Waals surface area contributed by atoms with Gasteiger partial charge >= 0.3 is 0 Å². The minimum absolute atomic E-state index is 0.907. The third-order valence-electron chi connectivity index (χ3n) is 2.25. The Morgan fingerprint density at radius 2 is 1.27 bits per heavy atom. The van der Waals surface area contributed by atoms with Gasteiger partial charge in [0.15, 0.2) is 0 Å². The fourth-order valence-corrected chi connectivity index (χ4v) is 1.56. The molecule has 0 saturated heterocycles. The van der Waals surface area contributed by atoms with E-state index < -0.39 is 0 Å². The van der Waals surface area contributed by atoms with Crippen molar-refractivity contribution < 1.29 is 0 Å². The summed E-state index contributed by atoms with van der Waals surface area (Å²) in [7, 11) is 0. The van der Waals surface area contributed by atoms with E-state index in [1.807, 2.05) is 48.5 Å². The second-order valence-corrected chi connectivity index (χ2v) is 3.78. The van der Waals surface area contributed by atoms with Crippen LogP contribution in [0.25, 0.3) is 11.1 Å². The van der Waals surface area contributed by atoms with Crippen LogP contribution in [0.2, 0.25) is 0 Å². The third-order valence-corrected chi connectivity index (χ3v) is 2.55. The Hall–Kier alpha value is -1.65. The molecule has 1 heteroatoms. The fraction of sp³-hybridized carbons (Fsp3) is 0. The van der Waals surface area contributed by atoms with Gasteiger partial charge in [0.05, 0.1) is 0 Å². The molecule has 0 atom stereocenters. The molecule has 0 aliphatic rings. The van der Waals surface area contributed by atoms with Crippen LogP contribution in [0, 0.1) is 12.3 Å². The van der Waals surface area contributed by atoms with Gasteiger partial charge in [0.25, 0.3) is 0 Å². The zero-order valence-corrected chi connectivity index (χ0v) is 9.04. The molecule has 0 fully saturated rings. The van der Waals surface area contributed by atoms with E-state index in [0.29, 0.717) is 0 Å². The van der Waals surface area contributed by atoms with Crippen molar-refractivity contribution in [2.45, 2.75) is 4.90 Å². The zero-order chi connectivity index (χ0) is 10.7. The highest BCUT2D eigenvalue weighted by atomic mass is 32.1. The van der Waals surface area contributed by atoms with E-state index in [1.54, 1.807) is 0 Å². The first-order chi connectivity index (χ1) is 7.29.